The summed E-state index contributed by atoms with van der Waals surface area (Å²) in [6, 6.07) is 5.80. The van der Waals surface area contributed by atoms with Gasteiger partial charge in [-0.25, -0.2) is 0 Å². The lowest BCUT2D eigenvalue weighted by atomic mass is 9.98. The largest absolute Gasteiger partial charge is 0.495 e. The van der Waals surface area contributed by atoms with Crippen molar-refractivity contribution in [2.75, 3.05) is 30.4 Å². The summed E-state index contributed by atoms with van der Waals surface area (Å²) in [5.74, 6) is 3.66. The number of rotatable bonds is 5. The van der Waals surface area contributed by atoms with Crippen LogP contribution in [0.2, 0.25) is 5.02 Å². The zero-order valence-electron chi connectivity index (χ0n) is 17.1. The van der Waals surface area contributed by atoms with Crippen molar-refractivity contribution in [2.24, 2.45) is 11.8 Å². The van der Waals surface area contributed by atoms with E-state index in [0.717, 1.165) is 56.0 Å². The number of aromatic nitrogens is 2. The molecular formula is C23H27ClN4O2. The molecule has 2 aromatic rings. The number of hydrogen-bond donors (Lipinski definition) is 2. The van der Waals surface area contributed by atoms with Crippen LogP contribution < -0.4 is 15.0 Å². The molecule has 0 amide bonds. The molecule has 158 valence electrons. The molecule has 3 aliphatic rings. The van der Waals surface area contributed by atoms with Crippen molar-refractivity contribution in [3.05, 3.63) is 46.0 Å². The summed E-state index contributed by atoms with van der Waals surface area (Å²) >= 11 is 6.26. The van der Waals surface area contributed by atoms with Crippen molar-refractivity contribution in [1.82, 2.24) is 10.2 Å². The van der Waals surface area contributed by atoms with Crippen molar-refractivity contribution < 1.29 is 9.84 Å². The summed E-state index contributed by atoms with van der Waals surface area (Å²) in [6.45, 7) is 2.56. The maximum absolute atomic E-state index is 9.94. The van der Waals surface area contributed by atoms with Crippen molar-refractivity contribution in [1.29, 1.82) is 0 Å². The number of allylic oxidation sites excluding steroid dienone is 1. The highest BCUT2D eigenvalue weighted by Crippen LogP contribution is 2.41. The van der Waals surface area contributed by atoms with Crippen LogP contribution >= 0.6 is 11.6 Å². The van der Waals surface area contributed by atoms with Gasteiger partial charge in [-0.15, -0.1) is 10.2 Å². The Kier molecular flexibility index (Phi) is 5.29. The Morgan fingerprint density at radius 1 is 1.23 bits per heavy atom. The molecule has 2 atom stereocenters. The Morgan fingerprint density at radius 2 is 2.03 bits per heavy atom. The van der Waals surface area contributed by atoms with Gasteiger partial charge in [0.15, 0.2) is 11.6 Å². The highest BCUT2D eigenvalue weighted by Gasteiger charge is 2.41. The van der Waals surface area contributed by atoms with Crippen LogP contribution in [0.1, 0.15) is 36.0 Å². The molecule has 6 nitrogen and oxygen atoms in total. The van der Waals surface area contributed by atoms with Gasteiger partial charge < -0.3 is 20.1 Å². The third kappa shape index (κ3) is 3.63. The summed E-state index contributed by atoms with van der Waals surface area (Å²) in [5.41, 5.74) is 3.49. The molecule has 0 radical (unpaired) electrons. The second-order valence-corrected chi connectivity index (χ2v) is 8.99. The molecule has 1 aromatic carbocycles. The Morgan fingerprint density at radius 3 is 2.77 bits per heavy atom. The average molecular weight is 427 g/mol. The minimum absolute atomic E-state index is 0.125. The summed E-state index contributed by atoms with van der Waals surface area (Å²) in [6.07, 6.45) is 8.09. The van der Waals surface area contributed by atoms with Crippen LogP contribution in [0.5, 0.6) is 5.75 Å². The topological polar surface area (TPSA) is 70.5 Å². The molecule has 0 spiro atoms. The molecule has 2 N–H and O–H groups in total. The highest BCUT2D eigenvalue weighted by molar-refractivity contribution is 6.32. The number of aliphatic hydroxyl groups excluding tert-OH is 1. The normalized spacial score (nSPS) is 24.6. The van der Waals surface area contributed by atoms with Crippen LogP contribution in [0.3, 0.4) is 0 Å². The predicted octanol–water partition coefficient (Wildman–Crippen LogP) is 3.92. The first kappa shape index (κ1) is 19.6. The van der Waals surface area contributed by atoms with Crippen LogP contribution in [-0.2, 0) is 13.0 Å². The first-order valence-electron chi connectivity index (χ1n) is 10.7. The minimum atomic E-state index is -0.125. The lowest BCUT2D eigenvalue weighted by Crippen LogP contribution is -2.26. The monoisotopic (exact) mass is 426 g/mol. The van der Waals surface area contributed by atoms with E-state index in [1.165, 1.54) is 11.1 Å². The highest BCUT2D eigenvalue weighted by atomic mass is 35.5. The van der Waals surface area contributed by atoms with Gasteiger partial charge in [-0.2, -0.15) is 0 Å². The number of hydrogen-bond acceptors (Lipinski definition) is 6. The fourth-order valence-corrected chi connectivity index (χ4v) is 5.43. The van der Waals surface area contributed by atoms with E-state index in [1.807, 2.05) is 18.2 Å². The molecule has 1 saturated heterocycles. The third-order valence-electron chi connectivity index (χ3n) is 6.64. The maximum atomic E-state index is 9.94. The van der Waals surface area contributed by atoms with E-state index < -0.39 is 0 Å². The maximum Gasteiger partial charge on any atom is 0.159 e. The van der Waals surface area contributed by atoms with Crippen LogP contribution in [-0.4, -0.2) is 41.6 Å². The van der Waals surface area contributed by atoms with Crippen molar-refractivity contribution >= 4 is 29.3 Å². The van der Waals surface area contributed by atoms with Gasteiger partial charge in [0.2, 0.25) is 0 Å². The van der Waals surface area contributed by atoms with Crippen molar-refractivity contribution in [2.45, 2.75) is 38.3 Å². The van der Waals surface area contributed by atoms with Gasteiger partial charge in [0, 0.05) is 30.8 Å². The molecule has 1 saturated carbocycles. The summed E-state index contributed by atoms with van der Waals surface area (Å²) < 4.78 is 5.23. The molecule has 1 aromatic heterocycles. The van der Waals surface area contributed by atoms with Gasteiger partial charge in [-0.1, -0.05) is 29.8 Å². The number of aliphatic hydroxyl groups is 1. The molecule has 30 heavy (non-hydrogen) atoms. The van der Waals surface area contributed by atoms with Crippen LogP contribution in [0.15, 0.2) is 24.3 Å². The SMILES string of the molecule is COc1ccc(CNc2nnc(N3CC4CC(O)CC4C3)c3c2CCC=C3)cc1Cl. The van der Waals surface area contributed by atoms with Crippen LogP contribution in [0, 0.1) is 11.8 Å². The van der Waals surface area contributed by atoms with Gasteiger partial charge in [-0.3, -0.25) is 0 Å². The summed E-state index contributed by atoms with van der Waals surface area (Å²) in [4.78, 5) is 2.37. The Labute approximate surface area is 181 Å². The molecule has 2 aliphatic carbocycles. The molecular weight excluding hydrogens is 400 g/mol. The zero-order valence-corrected chi connectivity index (χ0v) is 17.9. The van der Waals surface area contributed by atoms with Crippen LogP contribution in [0.25, 0.3) is 6.08 Å². The summed E-state index contributed by atoms with van der Waals surface area (Å²) in [7, 11) is 1.62. The number of anilines is 2. The molecule has 7 heteroatoms. The second kappa shape index (κ2) is 8.08. The number of nitrogens with one attached hydrogen (secondary N) is 1. The van der Waals surface area contributed by atoms with Crippen LogP contribution in [0.4, 0.5) is 11.6 Å². The third-order valence-corrected chi connectivity index (χ3v) is 6.94. The molecule has 5 rings (SSSR count). The van der Waals surface area contributed by atoms with E-state index in [0.29, 0.717) is 29.2 Å². The van der Waals surface area contributed by atoms with Gasteiger partial charge >= 0.3 is 0 Å². The summed E-state index contributed by atoms with van der Waals surface area (Å²) in [5, 5.41) is 23.2. The number of ether oxygens (including phenoxy) is 1. The number of fused-ring (bicyclic) bond motifs is 2. The Balaban J connectivity index is 1.36. The standard InChI is InChI=1S/C23H27ClN4O2/c1-30-21-7-6-14(8-20(21)24)11-25-22-18-4-2-3-5-19(18)23(27-26-22)28-12-15-9-17(29)10-16(15)13-28/h3,5-8,15-17,29H,2,4,9-13H2,1H3,(H,25,26). The Bertz CT molecular complexity index is 966. The lowest BCUT2D eigenvalue weighted by Gasteiger charge is -2.24. The predicted molar refractivity (Wildman–Crippen MR) is 119 cm³/mol. The van der Waals surface area contributed by atoms with E-state index in [1.54, 1.807) is 7.11 Å². The average Bonchev–Trinajstić information content (AvgIpc) is 3.29. The molecule has 2 heterocycles. The van der Waals surface area contributed by atoms with Gasteiger partial charge in [0.25, 0.3) is 0 Å². The van der Waals surface area contributed by atoms with Crippen molar-refractivity contribution in [3.63, 3.8) is 0 Å². The second-order valence-electron chi connectivity index (χ2n) is 8.58. The lowest BCUT2D eigenvalue weighted by molar-refractivity contribution is 0.174. The molecule has 1 aliphatic heterocycles. The van der Waals surface area contributed by atoms with E-state index in [-0.39, 0.29) is 6.10 Å². The number of nitrogens with zero attached hydrogens (tertiary/aromatic N) is 3. The fraction of sp³-hybridized carbons (Fsp3) is 0.478. The Hall–Kier alpha value is -2.31. The number of methoxy groups -OCH3 is 1. The molecule has 2 fully saturated rings. The van der Waals surface area contributed by atoms with Gasteiger partial charge in [0.1, 0.15) is 5.75 Å². The van der Waals surface area contributed by atoms with E-state index in [4.69, 9.17) is 16.3 Å². The van der Waals surface area contributed by atoms with E-state index in [9.17, 15) is 5.11 Å². The first-order valence-corrected chi connectivity index (χ1v) is 11.1. The zero-order chi connectivity index (χ0) is 20.7. The van der Waals surface area contributed by atoms with E-state index in [2.05, 4.69) is 32.6 Å². The van der Waals surface area contributed by atoms with Gasteiger partial charge in [-0.05, 0) is 55.2 Å². The number of benzene rings is 1. The quantitative estimate of drug-likeness (QED) is 0.755. The molecule has 0 bridgehead atoms. The van der Waals surface area contributed by atoms with E-state index >= 15 is 0 Å². The van der Waals surface area contributed by atoms with Crippen molar-refractivity contribution in [3.8, 4) is 5.75 Å². The number of halogens is 1. The smallest absolute Gasteiger partial charge is 0.159 e. The fourth-order valence-electron chi connectivity index (χ4n) is 5.15. The first-order chi connectivity index (χ1) is 14.6. The molecule has 2 unspecified atom stereocenters. The minimum Gasteiger partial charge on any atom is -0.495 e. The van der Waals surface area contributed by atoms with Gasteiger partial charge in [0.05, 0.1) is 18.2 Å².